The molecule has 4 rings (SSSR count). The second kappa shape index (κ2) is 13.7. The maximum absolute atomic E-state index is 12.5. The quantitative estimate of drug-likeness (QED) is 0.142. The normalized spacial score (nSPS) is 10.7. The molecule has 1 amide bonds. The third kappa shape index (κ3) is 9.29. The first-order valence-electron chi connectivity index (χ1n) is 11.6. The van der Waals surface area contributed by atoms with Gasteiger partial charge in [0.05, 0.1) is 11.9 Å². The summed E-state index contributed by atoms with van der Waals surface area (Å²) in [4.78, 5) is 29.5. The van der Waals surface area contributed by atoms with Gasteiger partial charge in [0.2, 0.25) is 11.9 Å². The number of halogens is 5. The number of rotatable bonds is 9. The number of benzene rings is 2. The van der Waals surface area contributed by atoms with Crippen molar-refractivity contribution in [2.24, 2.45) is 7.05 Å². The summed E-state index contributed by atoms with van der Waals surface area (Å²) in [5.41, 5.74) is 3.22. The number of nitrogens with zero attached hydrogens (tertiary/aromatic N) is 4. The maximum atomic E-state index is 12.5. The second-order valence-corrected chi connectivity index (χ2v) is 8.09. The SMILES string of the molecule is C=CC(=O)Nc1cccc(Nc2nc(Nc3cnn(C)c3)ncc2-c2ccc(OC(F)F)cc2)c1.O=C(O)C(F)(F)F. The van der Waals surface area contributed by atoms with E-state index in [0.29, 0.717) is 40.0 Å². The molecule has 0 bridgehead atoms. The van der Waals surface area contributed by atoms with Gasteiger partial charge >= 0.3 is 18.8 Å². The fraction of sp³-hybridized carbons (Fsp3) is 0.115. The summed E-state index contributed by atoms with van der Waals surface area (Å²) < 4.78 is 62.8. The summed E-state index contributed by atoms with van der Waals surface area (Å²) in [5.74, 6) is -2.29. The second-order valence-electron chi connectivity index (χ2n) is 8.09. The van der Waals surface area contributed by atoms with Crippen molar-refractivity contribution in [3.05, 3.63) is 79.8 Å². The van der Waals surface area contributed by atoms with Gasteiger partial charge in [0.25, 0.3) is 0 Å². The Morgan fingerprint density at radius 3 is 2.29 bits per heavy atom. The van der Waals surface area contributed by atoms with Crippen LogP contribution in [0.15, 0.2) is 79.8 Å². The number of anilines is 5. The van der Waals surface area contributed by atoms with E-state index < -0.39 is 18.8 Å². The summed E-state index contributed by atoms with van der Waals surface area (Å²) in [6.45, 7) is 0.542. The Bertz CT molecular complexity index is 1540. The van der Waals surface area contributed by atoms with Crippen LogP contribution in [0, 0.1) is 0 Å². The van der Waals surface area contributed by atoms with E-state index in [0.717, 1.165) is 0 Å². The fourth-order valence-electron chi connectivity index (χ4n) is 3.18. The van der Waals surface area contributed by atoms with E-state index in [1.165, 1.54) is 18.2 Å². The van der Waals surface area contributed by atoms with Crippen molar-refractivity contribution in [1.29, 1.82) is 0 Å². The molecule has 11 nitrogen and oxygen atoms in total. The smallest absolute Gasteiger partial charge is 0.475 e. The Morgan fingerprint density at radius 1 is 1.05 bits per heavy atom. The van der Waals surface area contributed by atoms with Gasteiger partial charge in [-0.3, -0.25) is 9.48 Å². The number of carbonyl (C=O) groups excluding carboxylic acids is 1. The van der Waals surface area contributed by atoms with E-state index in [1.54, 1.807) is 60.7 Å². The third-order valence-corrected chi connectivity index (χ3v) is 4.96. The summed E-state index contributed by atoms with van der Waals surface area (Å²) in [6, 6.07) is 13.2. The van der Waals surface area contributed by atoms with Crippen molar-refractivity contribution < 1.29 is 41.4 Å². The van der Waals surface area contributed by atoms with Crippen molar-refractivity contribution >= 4 is 40.7 Å². The van der Waals surface area contributed by atoms with Crippen LogP contribution in [0.1, 0.15) is 0 Å². The molecule has 0 saturated carbocycles. The fourth-order valence-corrected chi connectivity index (χ4v) is 3.18. The molecule has 4 N–H and O–H groups in total. The predicted molar refractivity (Wildman–Crippen MR) is 143 cm³/mol. The van der Waals surface area contributed by atoms with E-state index in [9.17, 15) is 26.7 Å². The van der Waals surface area contributed by atoms with Gasteiger partial charge in [-0.05, 0) is 42.0 Å². The zero-order valence-corrected chi connectivity index (χ0v) is 21.6. The first-order valence-corrected chi connectivity index (χ1v) is 11.6. The van der Waals surface area contributed by atoms with E-state index in [1.807, 2.05) is 6.07 Å². The number of hydrogen-bond donors (Lipinski definition) is 4. The molecule has 0 atom stereocenters. The minimum Gasteiger partial charge on any atom is -0.475 e. The maximum Gasteiger partial charge on any atom is 0.490 e. The minimum absolute atomic E-state index is 0.0414. The number of alkyl halides is 5. The van der Waals surface area contributed by atoms with E-state index in [2.05, 4.69) is 42.3 Å². The van der Waals surface area contributed by atoms with Gasteiger partial charge in [-0.15, -0.1) is 0 Å². The summed E-state index contributed by atoms with van der Waals surface area (Å²) in [7, 11) is 1.79. The molecule has 2 aromatic heterocycles. The number of ether oxygens (including phenoxy) is 1. The molecule has 0 aliphatic carbocycles. The molecule has 0 aliphatic heterocycles. The van der Waals surface area contributed by atoms with Gasteiger partial charge in [-0.2, -0.15) is 32.0 Å². The monoisotopic (exact) mass is 591 g/mol. The molecule has 4 aromatic rings. The first-order chi connectivity index (χ1) is 19.8. The van der Waals surface area contributed by atoms with Crippen LogP contribution in [0.4, 0.5) is 50.8 Å². The lowest BCUT2D eigenvalue weighted by Crippen LogP contribution is -2.21. The molecule has 2 heterocycles. The Kier molecular flexibility index (Phi) is 10.1. The van der Waals surface area contributed by atoms with Crippen LogP contribution in [0.2, 0.25) is 0 Å². The first kappa shape index (κ1) is 31.0. The van der Waals surface area contributed by atoms with Gasteiger partial charge in [-0.1, -0.05) is 24.8 Å². The molecule has 2 aromatic carbocycles. The number of aromatic nitrogens is 4. The molecule has 220 valence electrons. The van der Waals surface area contributed by atoms with Crippen molar-refractivity contribution in [3.63, 3.8) is 0 Å². The molecule has 42 heavy (non-hydrogen) atoms. The highest BCUT2D eigenvalue weighted by atomic mass is 19.4. The summed E-state index contributed by atoms with van der Waals surface area (Å²) >= 11 is 0. The third-order valence-electron chi connectivity index (χ3n) is 4.96. The predicted octanol–water partition coefficient (Wildman–Crippen LogP) is 5.72. The van der Waals surface area contributed by atoms with Gasteiger partial charge in [0.1, 0.15) is 11.6 Å². The Hall–Kier alpha value is -5.54. The van der Waals surface area contributed by atoms with Crippen molar-refractivity contribution in [3.8, 4) is 16.9 Å². The van der Waals surface area contributed by atoms with Crippen LogP contribution < -0.4 is 20.7 Å². The number of carboxylic acid groups (broad SMARTS) is 1. The number of hydrogen-bond acceptors (Lipinski definition) is 8. The van der Waals surface area contributed by atoms with E-state index >= 15 is 0 Å². The molecule has 0 spiro atoms. The van der Waals surface area contributed by atoms with Crippen molar-refractivity contribution in [2.75, 3.05) is 16.0 Å². The van der Waals surface area contributed by atoms with Gasteiger partial charge in [0.15, 0.2) is 0 Å². The van der Waals surface area contributed by atoms with Gasteiger partial charge in [0, 0.05) is 36.4 Å². The average molecular weight is 591 g/mol. The van der Waals surface area contributed by atoms with Gasteiger partial charge < -0.3 is 25.8 Å². The molecule has 0 unspecified atom stereocenters. The minimum atomic E-state index is -5.08. The largest absolute Gasteiger partial charge is 0.490 e. The Labute approximate surface area is 234 Å². The number of aryl methyl sites for hydroxylation is 1. The summed E-state index contributed by atoms with van der Waals surface area (Å²) in [6.07, 6.45) is 1.12. The highest BCUT2D eigenvalue weighted by Crippen LogP contribution is 2.32. The van der Waals surface area contributed by atoms with Gasteiger partial charge in [-0.25, -0.2) is 9.78 Å². The van der Waals surface area contributed by atoms with Crippen molar-refractivity contribution in [2.45, 2.75) is 12.8 Å². The molecule has 0 saturated heterocycles. The standard InChI is InChI=1S/C24H21F2N7O2.C2HF3O2/c1-3-21(34)29-16-5-4-6-17(11-16)30-22-20(15-7-9-19(10-8-15)35-23(25)26)13-27-24(32-22)31-18-12-28-33(2)14-18;3-2(4,5)1(6)7/h3-14,23H,1H2,2H3,(H,29,34)(H2,27,30,31,32);(H,6,7). The Morgan fingerprint density at radius 2 is 1.71 bits per heavy atom. The lowest BCUT2D eigenvalue weighted by Gasteiger charge is -2.14. The zero-order chi connectivity index (χ0) is 30.9. The average Bonchev–Trinajstić information content (AvgIpc) is 3.33. The molecular weight excluding hydrogens is 569 g/mol. The molecule has 16 heteroatoms. The topological polar surface area (TPSA) is 143 Å². The van der Waals surface area contributed by atoms with Crippen LogP contribution in [0.3, 0.4) is 0 Å². The summed E-state index contributed by atoms with van der Waals surface area (Å²) in [5, 5.41) is 20.3. The van der Waals surface area contributed by atoms with Crippen LogP contribution >= 0.6 is 0 Å². The number of carboxylic acids is 1. The number of amides is 1. The highest BCUT2D eigenvalue weighted by Gasteiger charge is 2.38. The van der Waals surface area contributed by atoms with Crippen molar-refractivity contribution in [1.82, 2.24) is 19.7 Å². The Balaban J connectivity index is 0.000000616. The lowest BCUT2D eigenvalue weighted by atomic mass is 10.1. The highest BCUT2D eigenvalue weighted by molar-refractivity contribution is 5.99. The lowest BCUT2D eigenvalue weighted by molar-refractivity contribution is -0.192. The molecule has 0 radical (unpaired) electrons. The molecular formula is C26H22F5N7O4. The van der Waals surface area contributed by atoms with Crippen LogP contribution in [-0.4, -0.2) is 49.5 Å². The van der Waals surface area contributed by atoms with E-state index in [-0.39, 0.29) is 11.7 Å². The molecule has 0 fully saturated rings. The number of aliphatic carboxylic acids is 1. The van der Waals surface area contributed by atoms with Crippen LogP contribution in [0.5, 0.6) is 5.75 Å². The number of carbonyl (C=O) groups is 2. The van der Waals surface area contributed by atoms with Crippen LogP contribution in [-0.2, 0) is 16.6 Å². The van der Waals surface area contributed by atoms with Crippen LogP contribution in [0.25, 0.3) is 11.1 Å². The molecule has 0 aliphatic rings. The van der Waals surface area contributed by atoms with E-state index in [4.69, 9.17) is 9.90 Å². The number of nitrogens with one attached hydrogen (secondary N) is 3. The zero-order valence-electron chi connectivity index (χ0n) is 21.6.